The Kier molecular flexibility index (Phi) is 3.95. The van der Waals surface area contributed by atoms with Crippen LogP contribution in [0.5, 0.6) is 0 Å². The maximum atomic E-state index is 13.2. The topological polar surface area (TPSA) is 83.6 Å². The van der Waals surface area contributed by atoms with Crippen molar-refractivity contribution in [2.45, 2.75) is 69.9 Å². The molecule has 21 heavy (non-hydrogen) atoms. The second kappa shape index (κ2) is 5.59. The summed E-state index contributed by atoms with van der Waals surface area (Å²) in [6, 6.07) is 0.0435. The zero-order valence-corrected chi connectivity index (χ0v) is 12.6. The van der Waals surface area contributed by atoms with E-state index in [-0.39, 0.29) is 23.9 Å². The predicted octanol–water partition coefficient (Wildman–Crippen LogP) is 1.75. The molecule has 2 bridgehead atoms. The summed E-state index contributed by atoms with van der Waals surface area (Å²) >= 11 is 0. The van der Waals surface area contributed by atoms with Crippen LogP contribution in [0.25, 0.3) is 0 Å². The van der Waals surface area contributed by atoms with Crippen LogP contribution in [-0.2, 0) is 9.59 Å². The van der Waals surface area contributed by atoms with E-state index >= 15 is 0 Å². The van der Waals surface area contributed by atoms with Crippen LogP contribution < -0.4 is 5.73 Å². The minimum absolute atomic E-state index is 0.0910. The van der Waals surface area contributed by atoms with Crippen molar-refractivity contribution >= 4 is 11.9 Å². The Bertz CT molecular complexity index is 429. The van der Waals surface area contributed by atoms with Crippen LogP contribution in [0.3, 0.4) is 0 Å². The molecule has 118 valence electrons. The van der Waals surface area contributed by atoms with Crippen molar-refractivity contribution in [3.8, 4) is 0 Å². The highest BCUT2D eigenvalue weighted by Gasteiger charge is 2.54. The van der Waals surface area contributed by atoms with Gasteiger partial charge in [0.15, 0.2) is 0 Å². The second-order valence-electron chi connectivity index (χ2n) is 7.09. The van der Waals surface area contributed by atoms with Crippen molar-refractivity contribution in [2.75, 3.05) is 6.54 Å². The van der Waals surface area contributed by atoms with E-state index in [1.165, 1.54) is 12.8 Å². The Morgan fingerprint density at radius 2 is 1.81 bits per heavy atom. The number of carboxylic acid groups (broad SMARTS) is 1. The van der Waals surface area contributed by atoms with E-state index in [4.69, 9.17) is 5.73 Å². The first-order valence-corrected chi connectivity index (χ1v) is 8.35. The molecule has 3 N–H and O–H groups in total. The van der Waals surface area contributed by atoms with Crippen molar-refractivity contribution in [1.82, 2.24) is 4.90 Å². The summed E-state index contributed by atoms with van der Waals surface area (Å²) in [5.74, 6) is -0.959. The quantitative estimate of drug-likeness (QED) is 0.777. The summed E-state index contributed by atoms with van der Waals surface area (Å²) < 4.78 is 0. The number of hydrogen-bond acceptors (Lipinski definition) is 3. The Labute approximate surface area is 125 Å². The number of rotatable bonds is 3. The van der Waals surface area contributed by atoms with Gasteiger partial charge in [-0.05, 0) is 32.1 Å². The molecular weight excluding hydrogens is 268 g/mol. The molecule has 3 unspecified atom stereocenters. The lowest BCUT2D eigenvalue weighted by Gasteiger charge is -2.36. The van der Waals surface area contributed by atoms with Gasteiger partial charge in [-0.25, -0.2) is 0 Å². The fourth-order valence-corrected chi connectivity index (χ4v) is 4.76. The molecule has 3 fully saturated rings. The minimum Gasteiger partial charge on any atom is -0.481 e. The lowest BCUT2D eigenvalue weighted by Crippen LogP contribution is -2.50. The minimum atomic E-state index is -0.748. The maximum Gasteiger partial charge on any atom is 0.308 e. The fraction of sp³-hybridized carbons (Fsp3) is 0.875. The third-order valence-corrected chi connectivity index (χ3v) is 5.99. The number of nitrogens with zero attached hydrogens (tertiary/aromatic N) is 1. The Morgan fingerprint density at radius 1 is 1.14 bits per heavy atom. The molecule has 2 saturated heterocycles. The Hall–Kier alpha value is -1.10. The standard InChI is InChI=1S/C16H26N2O3/c17-10-16(7-3-1-2-4-8-16)15(21)18-11-5-6-13(18)12(9-11)14(19)20/h11-13H,1-10,17H2,(H,19,20). The lowest BCUT2D eigenvalue weighted by atomic mass is 9.78. The molecule has 1 aliphatic carbocycles. The summed E-state index contributed by atoms with van der Waals surface area (Å²) in [6.07, 6.45) is 8.66. The number of amides is 1. The molecule has 2 aliphatic heterocycles. The van der Waals surface area contributed by atoms with E-state index in [0.717, 1.165) is 38.5 Å². The van der Waals surface area contributed by atoms with E-state index in [9.17, 15) is 14.7 Å². The van der Waals surface area contributed by atoms with Gasteiger partial charge in [0.05, 0.1) is 11.3 Å². The number of carbonyl (C=O) groups excluding carboxylic acids is 1. The van der Waals surface area contributed by atoms with Gasteiger partial charge in [0.25, 0.3) is 0 Å². The molecule has 3 atom stereocenters. The highest BCUT2D eigenvalue weighted by molar-refractivity contribution is 5.85. The summed E-state index contributed by atoms with van der Waals surface area (Å²) in [7, 11) is 0. The molecule has 1 saturated carbocycles. The molecule has 0 aromatic rings. The number of hydrogen-bond donors (Lipinski definition) is 2. The number of carbonyl (C=O) groups is 2. The first-order valence-electron chi connectivity index (χ1n) is 8.35. The molecule has 3 rings (SSSR count). The first-order chi connectivity index (χ1) is 10.1. The van der Waals surface area contributed by atoms with Crippen LogP contribution in [0.4, 0.5) is 0 Å². The highest BCUT2D eigenvalue weighted by Crippen LogP contribution is 2.46. The molecule has 0 aromatic carbocycles. The average Bonchev–Trinajstić information content (AvgIpc) is 2.95. The van der Waals surface area contributed by atoms with Crippen molar-refractivity contribution < 1.29 is 14.7 Å². The SMILES string of the molecule is NCC1(C(=O)N2C3CCC2C(C(=O)O)C3)CCCCCC1. The highest BCUT2D eigenvalue weighted by atomic mass is 16.4. The van der Waals surface area contributed by atoms with Crippen molar-refractivity contribution in [3.05, 3.63) is 0 Å². The first kappa shape index (κ1) is 14.8. The third-order valence-electron chi connectivity index (χ3n) is 5.99. The number of aliphatic carboxylic acids is 1. The van der Waals surface area contributed by atoms with E-state index in [1.807, 2.05) is 4.90 Å². The van der Waals surface area contributed by atoms with Gasteiger partial charge < -0.3 is 15.7 Å². The van der Waals surface area contributed by atoms with Gasteiger partial charge in [0, 0.05) is 18.6 Å². The fourth-order valence-electron chi connectivity index (χ4n) is 4.76. The van der Waals surface area contributed by atoms with Gasteiger partial charge in [-0.2, -0.15) is 0 Å². The zero-order valence-electron chi connectivity index (χ0n) is 12.6. The van der Waals surface area contributed by atoms with Crippen LogP contribution in [0.15, 0.2) is 0 Å². The van der Waals surface area contributed by atoms with Crippen LogP contribution in [-0.4, -0.2) is 40.5 Å². The van der Waals surface area contributed by atoms with Crippen molar-refractivity contribution in [2.24, 2.45) is 17.1 Å². The second-order valence-corrected chi connectivity index (χ2v) is 7.09. The maximum absolute atomic E-state index is 13.2. The molecule has 1 amide bonds. The van der Waals surface area contributed by atoms with Crippen LogP contribution in [0.1, 0.15) is 57.8 Å². The monoisotopic (exact) mass is 294 g/mol. The summed E-state index contributed by atoms with van der Waals surface area (Å²) in [5.41, 5.74) is 5.59. The third kappa shape index (κ3) is 2.35. The molecule has 5 nitrogen and oxygen atoms in total. The average molecular weight is 294 g/mol. The number of fused-ring (bicyclic) bond motifs is 2. The van der Waals surface area contributed by atoms with Crippen LogP contribution >= 0.6 is 0 Å². The van der Waals surface area contributed by atoms with Crippen molar-refractivity contribution in [1.29, 1.82) is 0 Å². The van der Waals surface area contributed by atoms with Gasteiger partial charge in [0.1, 0.15) is 0 Å². The zero-order chi connectivity index (χ0) is 15.0. The molecule has 0 aromatic heterocycles. The Morgan fingerprint density at radius 3 is 2.33 bits per heavy atom. The summed E-state index contributed by atoms with van der Waals surface area (Å²) in [5, 5.41) is 9.35. The predicted molar refractivity (Wildman–Crippen MR) is 78.6 cm³/mol. The van der Waals surface area contributed by atoms with E-state index in [1.54, 1.807) is 0 Å². The van der Waals surface area contributed by atoms with Gasteiger partial charge in [-0.3, -0.25) is 9.59 Å². The molecule has 5 heteroatoms. The van der Waals surface area contributed by atoms with E-state index in [2.05, 4.69) is 0 Å². The molecule has 2 heterocycles. The van der Waals surface area contributed by atoms with Crippen molar-refractivity contribution in [3.63, 3.8) is 0 Å². The van der Waals surface area contributed by atoms with Crippen LogP contribution in [0.2, 0.25) is 0 Å². The smallest absolute Gasteiger partial charge is 0.308 e. The largest absolute Gasteiger partial charge is 0.481 e. The molecule has 0 radical (unpaired) electrons. The van der Waals surface area contributed by atoms with E-state index < -0.39 is 11.4 Å². The summed E-state index contributed by atoms with van der Waals surface area (Å²) in [6.45, 7) is 0.402. The molecule has 0 spiro atoms. The lowest BCUT2D eigenvalue weighted by molar-refractivity contribution is -0.146. The number of carboxylic acids is 1. The van der Waals surface area contributed by atoms with Gasteiger partial charge >= 0.3 is 5.97 Å². The number of nitrogens with two attached hydrogens (primary N) is 1. The van der Waals surface area contributed by atoms with Gasteiger partial charge in [0.2, 0.25) is 5.91 Å². The normalized spacial score (nSPS) is 34.7. The Balaban J connectivity index is 1.82. The molecule has 3 aliphatic rings. The van der Waals surface area contributed by atoms with Gasteiger partial charge in [-0.15, -0.1) is 0 Å². The summed E-state index contributed by atoms with van der Waals surface area (Å²) in [4.78, 5) is 26.5. The van der Waals surface area contributed by atoms with Crippen LogP contribution in [0, 0.1) is 11.3 Å². The van der Waals surface area contributed by atoms with E-state index in [0.29, 0.717) is 13.0 Å². The van der Waals surface area contributed by atoms with Gasteiger partial charge in [-0.1, -0.05) is 25.7 Å². The molecular formula is C16H26N2O3.